The van der Waals surface area contributed by atoms with Gasteiger partial charge in [-0.3, -0.25) is 9.69 Å². The molecule has 1 aromatic heterocycles. The number of rotatable bonds is 8. The molecule has 0 saturated carbocycles. The highest BCUT2D eigenvalue weighted by atomic mass is 16.5. The maximum atomic E-state index is 12.5. The van der Waals surface area contributed by atoms with E-state index in [4.69, 9.17) is 14.5 Å². The SMILES string of the molecule is COc1ccccc1OCC(=O)Nc1ccc2c(c1)nc(CN1CCCCCC1)n2C(C)C. The first-order valence-corrected chi connectivity index (χ1v) is 11.8. The molecule has 1 aliphatic rings. The zero-order valence-electron chi connectivity index (χ0n) is 19.8. The molecule has 1 fully saturated rings. The fourth-order valence-electron chi connectivity index (χ4n) is 4.49. The van der Waals surface area contributed by atoms with Crippen molar-refractivity contribution in [1.29, 1.82) is 0 Å². The minimum absolute atomic E-state index is 0.0982. The molecule has 0 bridgehead atoms. The Balaban J connectivity index is 1.47. The number of nitrogens with zero attached hydrogens (tertiary/aromatic N) is 3. The Morgan fingerprint density at radius 1 is 1.06 bits per heavy atom. The van der Waals surface area contributed by atoms with E-state index in [1.54, 1.807) is 19.2 Å². The van der Waals surface area contributed by atoms with Crippen molar-refractivity contribution >= 4 is 22.6 Å². The third-order valence-corrected chi connectivity index (χ3v) is 6.05. The van der Waals surface area contributed by atoms with Gasteiger partial charge in [0.25, 0.3) is 5.91 Å². The van der Waals surface area contributed by atoms with E-state index in [0.29, 0.717) is 23.2 Å². The van der Waals surface area contributed by atoms with E-state index in [2.05, 4.69) is 28.6 Å². The second-order valence-corrected chi connectivity index (χ2v) is 8.87. The van der Waals surface area contributed by atoms with Crippen LogP contribution in [0.25, 0.3) is 11.0 Å². The highest BCUT2D eigenvalue weighted by Crippen LogP contribution is 2.27. The van der Waals surface area contributed by atoms with Crippen LogP contribution in [0.5, 0.6) is 11.5 Å². The lowest BCUT2D eigenvalue weighted by molar-refractivity contribution is -0.118. The number of anilines is 1. The van der Waals surface area contributed by atoms with Crippen LogP contribution in [-0.2, 0) is 11.3 Å². The summed E-state index contributed by atoms with van der Waals surface area (Å²) in [5, 5.41) is 2.92. The van der Waals surface area contributed by atoms with Gasteiger partial charge in [0.05, 0.1) is 24.7 Å². The Labute approximate surface area is 195 Å². The first-order chi connectivity index (χ1) is 16.0. The Kier molecular flexibility index (Phi) is 7.50. The number of imidazole rings is 1. The number of carbonyl (C=O) groups excluding carboxylic acids is 1. The number of fused-ring (bicyclic) bond motifs is 1. The first-order valence-electron chi connectivity index (χ1n) is 11.8. The molecule has 2 aromatic carbocycles. The zero-order chi connectivity index (χ0) is 23.2. The Morgan fingerprint density at radius 2 is 1.79 bits per heavy atom. The van der Waals surface area contributed by atoms with Crippen molar-refractivity contribution in [3.05, 3.63) is 48.3 Å². The number of ether oxygens (including phenoxy) is 2. The number of aromatic nitrogens is 2. The Bertz CT molecular complexity index is 1080. The Morgan fingerprint density at radius 3 is 2.48 bits per heavy atom. The second-order valence-electron chi connectivity index (χ2n) is 8.87. The average molecular weight is 451 g/mol. The van der Waals surface area contributed by atoms with Crippen LogP contribution in [-0.4, -0.2) is 47.2 Å². The molecule has 2 heterocycles. The predicted octanol–water partition coefficient (Wildman–Crippen LogP) is 5.02. The maximum Gasteiger partial charge on any atom is 0.262 e. The molecular weight excluding hydrogens is 416 g/mol. The fraction of sp³-hybridized carbons (Fsp3) is 0.462. The molecule has 1 saturated heterocycles. The third kappa shape index (κ3) is 5.66. The number of amides is 1. The summed E-state index contributed by atoms with van der Waals surface area (Å²) in [4.78, 5) is 20.0. The highest BCUT2D eigenvalue weighted by molar-refractivity contribution is 5.94. The number of benzene rings is 2. The maximum absolute atomic E-state index is 12.5. The summed E-state index contributed by atoms with van der Waals surface area (Å²) in [7, 11) is 1.58. The van der Waals surface area contributed by atoms with Crippen molar-refractivity contribution in [2.75, 3.05) is 32.1 Å². The van der Waals surface area contributed by atoms with Gasteiger partial charge in [-0.15, -0.1) is 0 Å². The second kappa shape index (κ2) is 10.7. The summed E-state index contributed by atoms with van der Waals surface area (Å²) < 4.78 is 13.2. The minimum Gasteiger partial charge on any atom is -0.493 e. The number of para-hydroxylation sites is 2. The molecule has 0 aliphatic carbocycles. The highest BCUT2D eigenvalue weighted by Gasteiger charge is 2.18. The normalized spacial score (nSPS) is 14.9. The van der Waals surface area contributed by atoms with Crippen LogP contribution in [0.3, 0.4) is 0 Å². The van der Waals surface area contributed by atoms with Crippen molar-refractivity contribution < 1.29 is 14.3 Å². The lowest BCUT2D eigenvalue weighted by Crippen LogP contribution is -2.26. The quantitative estimate of drug-likeness (QED) is 0.522. The summed E-state index contributed by atoms with van der Waals surface area (Å²) in [6.45, 7) is 7.42. The molecule has 4 rings (SSSR count). The van der Waals surface area contributed by atoms with E-state index in [9.17, 15) is 4.79 Å². The van der Waals surface area contributed by atoms with E-state index in [-0.39, 0.29) is 12.5 Å². The smallest absolute Gasteiger partial charge is 0.262 e. The van der Waals surface area contributed by atoms with E-state index >= 15 is 0 Å². The molecule has 0 spiro atoms. The zero-order valence-corrected chi connectivity index (χ0v) is 19.8. The summed E-state index contributed by atoms with van der Waals surface area (Å²) in [5.74, 6) is 2.00. The van der Waals surface area contributed by atoms with Gasteiger partial charge in [-0.2, -0.15) is 0 Å². The molecule has 3 aromatic rings. The van der Waals surface area contributed by atoms with Gasteiger partial charge in [0.1, 0.15) is 5.82 Å². The molecule has 33 heavy (non-hydrogen) atoms. The van der Waals surface area contributed by atoms with Crippen LogP contribution in [0, 0.1) is 0 Å². The van der Waals surface area contributed by atoms with Crippen LogP contribution in [0.2, 0.25) is 0 Å². The molecule has 7 heteroatoms. The van der Waals surface area contributed by atoms with Gasteiger partial charge in [0, 0.05) is 11.7 Å². The number of methoxy groups -OCH3 is 1. The van der Waals surface area contributed by atoms with Gasteiger partial charge in [-0.25, -0.2) is 4.98 Å². The van der Waals surface area contributed by atoms with Crippen LogP contribution in [0.4, 0.5) is 5.69 Å². The molecule has 0 atom stereocenters. The average Bonchev–Trinajstić information content (AvgIpc) is 2.96. The molecular formula is C26H34N4O3. The lowest BCUT2D eigenvalue weighted by atomic mass is 10.2. The van der Waals surface area contributed by atoms with Crippen LogP contribution in [0.15, 0.2) is 42.5 Å². The van der Waals surface area contributed by atoms with Crippen molar-refractivity contribution in [3.8, 4) is 11.5 Å². The minimum atomic E-state index is -0.228. The number of hydrogen-bond acceptors (Lipinski definition) is 5. The van der Waals surface area contributed by atoms with E-state index in [0.717, 1.165) is 36.5 Å². The molecule has 1 N–H and O–H groups in total. The lowest BCUT2D eigenvalue weighted by Gasteiger charge is -2.21. The summed E-state index contributed by atoms with van der Waals surface area (Å²) >= 11 is 0. The molecule has 1 amide bonds. The van der Waals surface area contributed by atoms with Gasteiger partial charge in [-0.05, 0) is 70.1 Å². The molecule has 176 valence electrons. The van der Waals surface area contributed by atoms with Crippen LogP contribution >= 0.6 is 0 Å². The molecule has 0 radical (unpaired) electrons. The standard InChI is InChI=1S/C26H34N4O3/c1-19(2)30-22-13-12-20(27-26(31)18-33-24-11-7-6-10-23(24)32-3)16-21(22)28-25(30)17-29-14-8-4-5-9-15-29/h6-7,10-13,16,19H,4-5,8-9,14-15,17-18H2,1-3H3,(H,27,31). The Hall–Kier alpha value is -3.06. The van der Waals surface area contributed by atoms with E-state index < -0.39 is 0 Å². The summed E-state index contributed by atoms with van der Waals surface area (Å²) in [5.41, 5.74) is 2.71. The van der Waals surface area contributed by atoms with E-state index in [1.807, 2.05) is 30.3 Å². The third-order valence-electron chi connectivity index (χ3n) is 6.05. The van der Waals surface area contributed by atoms with Crippen LogP contribution < -0.4 is 14.8 Å². The van der Waals surface area contributed by atoms with Gasteiger partial charge >= 0.3 is 0 Å². The van der Waals surface area contributed by atoms with Crippen LogP contribution in [0.1, 0.15) is 51.4 Å². The van der Waals surface area contributed by atoms with Gasteiger partial charge in [0.15, 0.2) is 18.1 Å². The number of carbonyl (C=O) groups is 1. The molecule has 7 nitrogen and oxygen atoms in total. The van der Waals surface area contributed by atoms with E-state index in [1.165, 1.54) is 25.7 Å². The van der Waals surface area contributed by atoms with Gasteiger partial charge in [-0.1, -0.05) is 25.0 Å². The summed E-state index contributed by atoms with van der Waals surface area (Å²) in [6.07, 6.45) is 5.16. The first kappa shape index (κ1) is 23.1. The summed E-state index contributed by atoms with van der Waals surface area (Å²) in [6, 6.07) is 13.5. The number of hydrogen-bond donors (Lipinski definition) is 1. The fourth-order valence-corrected chi connectivity index (χ4v) is 4.49. The van der Waals surface area contributed by atoms with Gasteiger partial charge in [0.2, 0.25) is 0 Å². The van der Waals surface area contributed by atoms with Crippen molar-refractivity contribution in [3.63, 3.8) is 0 Å². The largest absolute Gasteiger partial charge is 0.493 e. The molecule has 1 aliphatic heterocycles. The monoisotopic (exact) mass is 450 g/mol. The topological polar surface area (TPSA) is 68.6 Å². The molecule has 0 unspecified atom stereocenters. The predicted molar refractivity (Wildman–Crippen MR) is 131 cm³/mol. The van der Waals surface area contributed by atoms with Crippen molar-refractivity contribution in [2.24, 2.45) is 0 Å². The number of likely N-dealkylation sites (tertiary alicyclic amines) is 1. The van der Waals surface area contributed by atoms with Crippen molar-refractivity contribution in [2.45, 2.75) is 52.1 Å². The van der Waals surface area contributed by atoms with Gasteiger partial charge < -0.3 is 19.4 Å². The number of nitrogens with one attached hydrogen (secondary N) is 1. The van der Waals surface area contributed by atoms with Crippen molar-refractivity contribution in [1.82, 2.24) is 14.5 Å².